The monoisotopic (exact) mass is 595 g/mol. The van der Waals surface area contributed by atoms with Gasteiger partial charge in [-0.05, 0) is 67.5 Å². The summed E-state index contributed by atoms with van der Waals surface area (Å²) >= 11 is 6.26. The summed E-state index contributed by atoms with van der Waals surface area (Å²) in [5, 5.41) is 13.0. The van der Waals surface area contributed by atoms with Crippen molar-refractivity contribution in [1.82, 2.24) is 26.2 Å². The molecular formula is C33H46ClN5O3. The first-order valence-electron chi connectivity index (χ1n) is 15.4. The van der Waals surface area contributed by atoms with Crippen LogP contribution in [0.1, 0.15) is 80.3 Å². The second-order valence-electron chi connectivity index (χ2n) is 12.2. The Labute approximate surface area is 255 Å². The molecule has 0 aromatic heterocycles. The third-order valence-electron chi connectivity index (χ3n) is 8.28. The minimum Gasteiger partial charge on any atom is -0.351 e. The first kappa shape index (κ1) is 32.0. The Balaban J connectivity index is 1.33. The second kappa shape index (κ2) is 15.5. The van der Waals surface area contributed by atoms with Gasteiger partial charge in [-0.3, -0.25) is 19.3 Å². The van der Waals surface area contributed by atoms with E-state index in [1.165, 1.54) is 0 Å². The van der Waals surface area contributed by atoms with Crippen LogP contribution in [0.5, 0.6) is 0 Å². The predicted molar refractivity (Wildman–Crippen MR) is 167 cm³/mol. The third kappa shape index (κ3) is 9.28. The number of piperazine rings is 1. The number of carbonyl (C=O) groups is 3. The van der Waals surface area contributed by atoms with Crippen molar-refractivity contribution in [3.05, 3.63) is 70.2 Å². The summed E-state index contributed by atoms with van der Waals surface area (Å²) in [6.07, 6.45) is 4.51. The number of nitrogens with one attached hydrogen (secondary N) is 4. The van der Waals surface area contributed by atoms with Gasteiger partial charge in [0.15, 0.2) is 0 Å². The van der Waals surface area contributed by atoms with Crippen LogP contribution >= 0.6 is 11.6 Å². The maximum Gasteiger partial charge on any atom is 0.251 e. The summed E-state index contributed by atoms with van der Waals surface area (Å²) in [4.78, 5) is 42.0. The highest BCUT2D eigenvalue weighted by Gasteiger charge is 2.32. The zero-order valence-corrected chi connectivity index (χ0v) is 25.9. The number of rotatable bonds is 11. The highest BCUT2D eigenvalue weighted by Crippen LogP contribution is 2.34. The van der Waals surface area contributed by atoms with E-state index in [0.29, 0.717) is 17.0 Å². The lowest BCUT2D eigenvalue weighted by Gasteiger charge is -2.34. The lowest BCUT2D eigenvalue weighted by atomic mass is 9.80. The van der Waals surface area contributed by atoms with E-state index in [0.717, 1.165) is 69.5 Å². The quantitative estimate of drug-likeness (QED) is 0.311. The highest BCUT2D eigenvalue weighted by atomic mass is 35.5. The molecule has 2 aromatic rings. The van der Waals surface area contributed by atoms with Crippen LogP contribution in [0.2, 0.25) is 5.02 Å². The molecule has 4 rings (SSSR count). The molecule has 228 valence electrons. The van der Waals surface area contributed by atoms with Gasteiger partial charge in [-0.15, -0.1) is 0 Å². The molecule has 0 bridgehead atoms. The Hall–Kier alpha value is -2.94. The molecule has 8 nitrogen and oxygen atoms in total. The molecule has 3 amide bonds. The number of benzene rings is 2. The van der Waals surface area contributed by atoms with Crippen LogP contribution in [-0.2, 0) is 16.1 Å². The fourth-order valence-corrected chi connectivity index (χ4v) is 6.16. The van der Waals surface area contributed by atoms with Crippen molar-refractivity contribution in [2.24, 2.45) is 5.92 Å². The number of nitrogens with zero attached hydrogens (tertiary/aromatic N) is 1. The number of carbonyl (C=O) groups excluding carboxylic acids is 3. The van der Waals surface area contributed by atoms with Crippen molar-refractivity contribution in [1.29, 1.82) is 0 Å². The number of amides is 3. The van der Waals surface area contributed by atoms with Gasteiger partial charge in [-0.2, -0.15) is 0 Å². The van der Waals surface area contributed by atoms with E-state index in [2.05, 4.69) is 32.2 Å². The summed E-state index contributed by atoms with van der Waals surface area (Å²) in [5.41, 5.74) is 2.78. The molecule has 1 heterocycles. The van der Waals surface area contributed by atoms with Crippen LogP contribution in [0, 0.1) is 5.92 Å². The Bertz CT molecular complexity index is 1200. The second-order valence-corrected chi connectivity index (χ2v) is 12.6. The van der Waals surface area contributed by atoms with Crippen molar-refractivity contribution < 1.29 is 14.4 Å². The van der Waals surface area contributed by atoms with Gasteiger partial charge in [0, 0.05) is 55.3 Å². The molecule has 0 radical (unpaired) electrons. The van der Waals surface area contributed by atoms with Crippen molar-refractivity contribution in [2.45, 2.75) is 83.5 Å². The SMILES string of the molecule is CC(C)C[C@H](NC(=O)[C@H](C)NC(=O)c1ccc(CN2CCNCC2)cc1)C(=O)NC1CCCC[C@H]1c1cccc(Cl)c1. The van der Waals surface area contributed by atoms with Gasteiger partial charge in [0.2, 0.25) is 11.8 Å². The van der Waals surface area contributed by atoms with Crippen molar-refractivity contribution >= 4 is 29.3 Å². The van der Waals surface area contributed by atoms with E-state index in [-0.39, 0.29) is 35.6 Å². The molecular weight excluding hydrogens is 550 g/mol. The minimum atomic E-state index is -0.797. The zero-order valence-electron chi connectivity index (χ0n) is 25.1. The normalized spacial score (nSPS) is 20.9. The molecule has 42 heavy (non-hydrogen) atoms. The smallest absolute Gasteiger partial charge is 0.251 e. The van der Waals surface area contributed by atoms with E-state index in [9.17, 15) is 14.4 Å². The van der Waals surface area contributed by atoms with Crippen molar-refractivity contribution in [3.8, 4) is 0 Å². The van der Waals surface area contributed by atoms with Crippen LogP contribution in [0.4, 0.5) is 0 Å². The van der Waals surface area contributed by atoms with Gasteiger partial charge in [0.25, 0.3) is 5.91 Å². The summed E-state index contributed by atoms with van der Waals surface area (Å²) in [6.45, 7) is 10.5. The standard InChI is InChI=1S/C33H46ClN5O3/c1-22(2)19-30(33(42)37-29-10-5-4-9-28(29)26-7-6-8-27(34)20-26)38-31(40)23(3)36-32(41)25-13-11-24(12-14-25)21-39-17-15-35-16-18-39/h6-8,11-14,20,22-23,28-30,35H,4-5,9-10,15-19,21H2,1-3H3,(H,36,41)(H,37,42)(H,38,40)/t23-,28-,29?,30-/m0/s1. The number of halogens is 1. The van der Waals surface area contributed by atoms with Crippen LogP contribution in [0.3, 0.4) is 0 Å². The zero-order chi connectivity index (χ0) is 30.1. The molecule has 1 saturated heterocycles. The molecule has 2 fully saturated rings. The fraction of sp³-hybridized carbons (Fsp3) is 0.545. The van der Waals surface area contributed by atoms with Gasteiger partial charge in [0.1, 0.15) is 12.1 Å². The summed E-state index contributed by atoms with van der Waals surface area (Å²) < 4.78 is 0. The molecule has 1 saturated carbocycles. The van der Waals surface area contributed by atoms with E-state index in [1.54, 1.807) is 19.1 Å². The van der Waals surface area contributed by atoms with Gasteiger partial charge in [-0.25, -0.2) is 0 Å². The largest absolute Gasteiger partial charge is 0.351 e. The summed E-state index contributed by atoms with van der Waals surface area (Å²) in [6, 6.07) is 13.9. The average Bonchev–Trinajstić information content (AvgIpc) is 2.97. The molecule has 1 aliphatic heterocycles. The summed E-state index contributed by atoms with van der Waals surface area (Å²) in [5.74, 6) is -0.508. The van der Waals surface area contributed by atoms with E-state index in [1.807, 2.05) is 44.2 Å². The first-order chi connectivity index (χ1) is 20.2. The van der Waals surface area contributed by atoms with Gasteiger partial charge < -0.3 is 21.3 Å². The topological polar surface area (TPSA) is 103 Å². The molecule has 1 aliphatic carbocycles. The van der Waals surface area contributed by atoms with Gasteiger partial charge >= 0.3 is 0 Å². The molecule has 0 spiro atoms. The van der Waals surface area contributed by atoms with Gasteiger partial charge in [0.05, 0.1) is 0 Å². The highest BCUT2D eigenvalue weighted by molar-refractivity contribution is 6.30. The Morgan fingerprint density at radius 3 is 2.36 bits per heavy atom. The lowest BCUT2D eigenvalue weighted by molar-refractivity contribution is -0.130. The van der Waals surface area contributed by atoms with Crippen LogP contribution in [0.25, 0.3) is 0 Å². The Morgan fingerprint density at radius 2 is 1.67 bits per heavy atom. The van der Waals surface area contributed by atoms with Crippen LogP contribution in [-0.4, -0.2) is 66.9 Å². The average molecular weight is 596 g/mol. The minimum absolute atomic E-state index is 0.0250. The lowest BCUT2D eigenvalue weighted by Crippen LogP contribution is -2.55. The predicted octanol–water partition coefficient (Wildman–Crippen LogP) is 4.24. The fourth-order valence-electron chi connectivity index (χ4n) is 5.96. The summed E-state index contributed by atoms with van der Waals surface area (Å²) in [7, 11) is 0. The van der Waals surface area contributed by atoms with Gasteiger partial charge in [-0.1, -0.05) is 62.6 Å². The Morgan fingerprint density at radius 1 is 0.952 bits per heavy atom. The number of hydrogen-bond donors (Lipinski definition) is 4. The Kier molecular flexibility index (Phi) is 11.8. The third-order valence-corrected chi connectivity index (χ3v) is 8.52. The van der Waals surface area contributed by atoms with Crippen LogP contribution in [0.15, 0.2) is 48.5 Å². The first-order valence-corrected chi connectivity index (χ1v) is 15.8. The maximum atomic E-state index is 13.5. The molecule has 9 heteroatoms. The van der Waals surface area contributed by atoms with Crippen molar-refractivity contribution in [3.63, 3.8) is 0 Å². The molecule has 4 N–H and O–H groups in total. The number of hydrogen-bond acceptors (Lipinski definition) is 5. The molecule has 2 aliphatic rings. The molecule has 1 unspecified atom stereocenters. The van der Waals surface area contributed by atoms with E-state index in [4.69, 9.17) is 11.6 Å². The maximum absolute atomic E-state index is 13.5. The van der Waals surface area contributed by atoms with E-state index < -0.39 is 12.1 Å². The van der Waals surface area contributed by atoms with E-state index >= 15 is 0 Å². The molecule has 4 atom stereocenters. The molecule has 2 aromatic carbocycles. The van der Waals surface area contributed by atoms with Crippen LogP contribution < -0.4 is 21.3 Å². The van der Waals surface area contributed by atoms with Crippen molar-refractivity contribution in [2.75, 3.05) is 26.2 Å².